The van der Waals surface area contributed by atoms with Crippen molar-refractivity contribution in [2.24, 2.45) is 79.8 Å². The van der Waals surface area contributed by atoms with Gasteiger partial charge in [0.05, 0.1) is 42.7 Å². The molecule has 392 valence electrons. The summed E-state index contributed by atoms with van der Waals surface area (Å²) in [5.41, 5.74) is 4.66. The molecule has 0 aromatic carbocycles. The highest BCUT2D eigenvalue weighted by molar-refractivity contribution is 7.80. The Morgan fingerprint density at radius 2 is 1.49 bits per heavy atom. The lowest BCUT2D eigenvalue weighted by molar-refractivity contribution is -0.375. The zero-order valence-electron chi connectivity index (χ0n) is 44.5. The SMILES string of the molecule is C[C@@H]([C@H]1CCC2C3=C(CC[C@@]21C)[C@]12CC[C@](O)(OC1)C(C)(C)C2[C@@H](OS(=O)(=O)O)C3)[C@H]1C[C@@H]2C[C@@](C)(OC2(C)C)[C@H](CC[C@@H](C)[C@H]2CCC3C4=C(CC[C@@]32C)[C@@]23CO[C@@](O)([C@@H](O)C2)C(C)(C)C3=CC4)O1. The molecule has 6 saturated heterocycles. The zero-order valence-corrected chi connectivity index (χ0v) is 45.3. The van der Waals surface area contributed by atoms with E-state index in [1.165, 1.54) is 35.1 Å². The largest absolute Gasteiger partial charge is 0.397 e. The molecule has 6 aliphatic heterocycles. The second kappa shape index (κ2) is 15.3. The first-order chi connectivity index (χ1) is 32.5. The summed E-state index contributed by atoms with van der Waals surface area (Å²) in [5, 5.41) is 34.7. The highest BCUT2D eigenvalue weighted by atomic mass is 32.3. The molecular formula is C58H88O11S. The maximum absolute atomic E-state index is 12.6. The van der Waals surface area contributed by atoms with E-state index in [0.717, 1.165) is 77.0 Å². The molecule has 14 aliphatic rings. The van der Waals surface area contributed by atoms with Gasteiger partial charge in [-0.2, -0.15) is 8.42 Å². The third-order valence-electron chi connectivity index (χ3n) is 24.9. The molecule has 4 saturated carbocycles. The average molecular weight is 993 g/mol. The van der Waals surface area contributed by atoms with Crippen LogP contribution in [0, 0.1) is 79.8 Å². The third-order valence-corrected chi connectivity index (χ3v) is 25.4. The number of hydrogen-bond donors (Lipinski definition) is 4. The van der Waals surface area contributed by atoms with Crippen LogP contribution in [-0.2, 0) is 33.5 Å². The monoisotopic (exact) mass is 993 g/mol. The highest BCUT2D eigenvalue weighted by Gasteiger charge is 2.73. The van der Waals surface area contributed by atoms with Gasteiger partial charge in [0.2, 0.25) is 5.79 Å². The first-order valence-electron chi connectivity index (χ1n) is 28.1. The van der Waals surface area contributed by atoms with E-state index in [1.54, 1.807) is 5.57 Å². The van der Waals surface area contributed by atoms with Crippen LogP contribution < -0.4 is 0 Å². The molecule has 8 aliphatic carbocycles. The molecule has 0 aromatic rings. The molecule has 10 fully saturated rings. The van der Waals surface area contributed by atoms with Crippen LogP contribution in [0.4, 0.5) is 0 Å². The second-order valence-corrected chi connectivity index (χ2v) is 29.7. The molecule has 70 heavy (non-hydrogen) atoms. The lowest BCUT2D eigenvalue weighted by atomic mass is 9.42. The Kier molecular flexibility index (Phi) is 10.8. The van der Waals surface area contributed by atoms with Crippen molar-refractivity contribution in [3.05, 3.63) is 33.9 Å². The molecule has 19 atom stereocenters. The predicted octanol–water partition coefficient (Wildman–Crippen LogP) is 10.6. The van der Waals surface area contributed by atoms with E-state index in [4.69, 9.17) is 23.1 Å². The number of aliphatic hydroxyl groups excluding tert-OH is 1. The summed E-state index contributed by atoms with van der Waals surface area (Å²) < 4.78 is 68.4. The van der Waals surface area contributed by atoms with Crippen molar-refractivity contribution in [2.45, 2.75) is 233 Å². The second-order valence-electron chi connectivity index (χ2n) is 28.7. The summed E-state index contributed by atoms with van der Waals surface area (Å²) in [6, 6.07) is 0. The van der Waals surface area contributed by atoms with Crippen molar-refractivity contribution in [3.63, 3.8) is 0 Å². The molecule has 0 amide bonds. The van der Waals surface area contributed by atoms with Gasteiger partial charge in [0.15, 0.2) is 5.79 Å². The van der Waals surface area contributed by atoms with Crippen LogP contribution in [0.3, 0.4) is 0 Å². The van der Waals surface area contributed by atoms with E-state index in [-0.39, 0.29) is 51.5 Å². The van der Waals surface area contributed by atoms with Gasteiger partial charge in [-0.15, -0.1) is 0 Å². The Balaban J connectivity index is 0.778. The van der Waals surface area contributed by atoms with Gasteiger partial charge in [0, 0.05) is 34.0 Å². The van der Waals surface area contributed by atoms with Gasteiger partial charge >= 0.3 is 10.4 Å². The van der Waals surface area contributed by atoms with Crippen molar-refractivity contribution in [1.29, 1.82) is 0 Å². The molecule has 4 N–H and O–H groups in total. The highest BCUT2D eigenvalue weighted by Crippen LogP contribution is 2.74. The minimum Gasteiger partial charge on any atom is -0.387 e. The molecule has 12 heteroatoms. The molecule has 2 spiro atoms. The molecular weight excluding hydrogens is 905 g/mol. The van der Waals surface area contributed by atoms with Gasteiger partial charge in [0.1, 0.15) is 6.10 Å². The summed E-state index contributed by atoms with van der Waals surface area (Å²) in [5.74, 6) is -0.105. The number of fused-ring (bicyclic) bond motifs is 10. The summed E-state index contributed by atoms with van der Waals surface area (Å²) in [6.07, 6.45) is 16.9. The standard InChI is InChI=1S/C58H88O11S/c1-32(37-14-16-39-35-13-18-45-49(3,4)58(61)46(59)29-56(45,31-66-58)41(35)20-22-52(37,39)9)12-19-47-54(11)28-34(51(7,8)69-54)26-43(67-47)33(2)38-15-17-40-36-27-44(68-70(62,63)64)48-50(5,6)57(60)25-24-55(48,30-65-57)42(36)21-23-53(38,40)10/h18,32-34,37-40,43-44,46-48,59-61H,12-17,19-31H2,1-11H3,(H,62,63,64)/t32-,33+,34-,37-,38-,39?,40?,43-,44+,46+,47+,48?,52-,53-,54-,55+,56+,57+,58+/m1/s1. The van der Waals surface area contributed by atoms with Crippen molar-refractivity contribution in [2.75, 3.05) is 13.2 Å². The van der Waals surface area contributed by atoms with Gasteiger partial charge in [0.25, 0.3) is 0 Å². The fraction of sp³-hybridized carbons (Fsp3) is 0.897. The third kappa shape index (κ3) is 6.39. The summed E-state index contributed by atoms with van der Waals surface area (Å²) in [6.45, 7) is 26.0. The Bertz CT molecular complexity index is 2410. The normalized spacial score (nSPS) is 52.2. The fourth-order valence-corrected chi connectivity index (χ4v) is 21.9. The predicted molar refractivity (Wildman–Crippen MR) is 265 cm³/mol. The topological polar surface area (TPSA) is 161 Å². The number of rotatable bonds is 8. The molecule has 14 rings (SSSR count). The van der Waals surface area contributed by atoms with Crippen LogP contribution in [0.25, 0.3) is 0 Å². The molecule has 11 nitrogen and oxygen atoms in total. The quantitative estimate of drug-likeness (QED) is 0.135. The Hall–Kier alpha value is -1.19. The van der Waals surface area contributed by atoms with Crippen LogP contribution in [0.5, 0.6) is 0 Å². The summed E-state index contributed by atoms with van der Waals surface area (Å²) in [4.78, 5) is 0. The van der Waals surface area contributed by atoms with Crippen LogP contribution in [0.15, 0.2) is 33.9 Å². The molecule has 0 radical (unpaired) electrons. The molecule has 6 heterocycles. The fourth-order valence-electron chi connectivity index (χ4n) is 21.4. The van der Waals surface area contributed by atoms with Gasteiger partial charge < -0.3 is 34.3 Å². The van der Waals surface area contributed by atoms with E-state index >= 15 is 0 Å². The number of aliphatic hydroxyl groups is 3. The average Bonchev–Trinajstić information content (AvgIpc) is 3.85. The van der Waals surface area contributed by atoms with Gasteiger partial charge in [-0.3, -0.25) is 4.55 Å². The maximum Gasteiger partial charge on any atom is 0.397 e. The van der Waals surface area contributed by atoms with Crippen LogP contribution in [0.1, 0.15) is 185 Å². The Morgan fingerprint density at radius 1 is 0.814 bits per heavy atom. The van der Waals surface area contributed by atoms with Gasteiger partial charge in [-0.1, -0.05) is 89.3 Å². The van der Waals surface area contributed by atoms with Crippen molar-refractivity contribution >= 4 is 10.4 Å². The lowest BCUT2D eigenvalue weighted by Crippen LogP contribution is -2.71. The van der Waals surface area contributed by atoms with E-state index < -0.39 is 50.4 Å². The van der Waals surface area contributed by atoms with Crippen LogP contribution in [-0.4, -0.2) is 88.7 Å². The van der Waals surface area contributed by atoms with E-state index in [2.05, 4.69) is 68.4 Å². The first kappa shape index (κ1) is 49.7. The van der Waals surface area contributed by atoms with Crippen molar-refractivity contribution in [3.8, 4) is 0 Å². The summed E-state index contributed by atoms with van der Waals surface area (Å²) >= 11 is 0. The van der Waals surface area contributed by atoms with E-state index in [1.807, 2.05) is 13.8 Å². The maximum atomic E-state index is 12.6. The summed E-state index contributed by atoms with van der Waals surface area (Å²) in [7, 11) is -4.74. The molecule has 6 bridgehead atoms. The van der Waals surface area contributed by atoms with Crippen molar-refractivity contribution in [1.82, 2.24) is 0 Å². The van der Waals surface area contributed by atoms with E-state index in [9.17, 15) is 28.3 Å². The Labute approximate surface area is 419 Å². The van der Waals surface area contributed by atoms with Crippen LogP contribution >= 0.6 is 0 Å². The number of ether oxygens (including phenoxy) is 4. The first-order valence-corrected chi connectivity index (χ1v) is 29.4. The molecule has 0 aromatic heterocycles. The van der Waals surface area contributed by atoms with Crippen LogP contribution in [0.2, 0.25) is 0 Å². The smallest absolute Gasteiger partial charge is 0.387 e. The molecule has 3 unspecified atom stereocenters. The lowest BCUT2D eigenvalue weighted by Gasteiger charge is -2.68. The minimum atomic E-state index is -4.74. The Morgan fingerprint density at radius 3 is 2.16 bits per heavy atom. The zero-order chi connectivity index (χ0) is 50.0. The number of allylic oxidation sites excluding steroid dienone is 2. The van der Waals surface area contributed by atoms with Gasteiger partial charge in [-0.25, -0.2) is 4.18 Å². The van der Waals surface area contributed by atoms with Crippen molar-refractivity contribution < 1.29 is 51.4 Å². The minimum absolute atomic E-state index is 0.00107. The van der Waals surface area contributed by atoms with E-state index in [0.29, 0.717) is 68.0 Å². The number of hydrogen-bond acceptors (Lipinski definition) is 10. The van der Waals surface area contributed by atoms with Gasteiger partial charge in [-0.05, 0) is 176 Å².